The van der Waals surface area contributed by atoms with Crippen LogP contribution in [0.3, 0.4) is 0 Å². The summed E-state index contributed by atoms with van der Waals surface area (Å²) in [6.45, 7) is 0.675. The van der Waals surface area contributed by atoms with Crippen molar-refractivity contribution in [2.75, 3.05) is 27.3 Å². The Balaban J connectivity index is 1.85. The summed E-state index contributed by atoms with van der Waals surface area (Å²) in [5.41, 5.74) is -0.534. The van der Waals surface area contributed by atoms with Gasteiger partial charge in [-0.15, -0.1) is 0 Å². The van der Waals surface area contributed by atoms with Crippen molar-refractivity contribution in [3.63, 3.8) is 0 Å². The number of nitrogens with zero attached hydrogens (tertiary/aromatic N) is 1. The Labute approximate surface area is 151 Å². The minimum atomic E-state index is -2.60. The first-order valence-corrected chi connectivity index (χ1v) is 8.86. The van der Waals surface area contributed by atoms with Crippen molar-refractivity contribution in [3.8, 4) is 5.75 Å². The first-order valence-electron chi connectivity index (χ1n) is 8.86. The molecule has 2 atom stereocenters. The molecule has 0 spiro atoms. The number of halogens is 2. The number of carboxylic acids is 1. The molecule has 7 heteroatoms. The van der Waals surface area contributed by atoms with Gasteiger partial charge in [0.1, 0.15) is 5.75 Å². The Morgan fingerprint density at radius 2 is 1.81 bits per heavy atom. The van der Waals surface area contributed by atoms with Crippen molar-refractivity contribution in [1.29, 1.82) is 0 Å². The van der Waals surface area contributed by atoms with Crippen molar-refractivity contribution in [2.45, 2.75) is 49.2 Å². The van der Waals surface area contributed by atoms with Crippen LogP contribution in [-0.2, 0) is 9.53 Å². The maximum atomic E-state index is 13.5. The van der Waals surface area contributed by atoms with Crippen molar-refractivity contribution >= 4 is 5.97 Å². The predicted molar refractivity (Wildman–Crippen MR) is 91.9 cm³/mol. The second-order valence-electron chi connectivity index (χ2n) is 7.24. The number of methoxy groups -OCH3 is 2. The molecule has 1 aliphatic heterocycles. The Morgan fingerprint density at radius 1 is 1.19 bits per heavy atom. The topological polar surface area (TPSA) is 59.0 Å². The molecule has 2 aliphatic rings. The Morgan fingerprint density at radius 3 is 2.31 bits per heavy atom. The molecule has 1 saturated heterocycles. The number of ether oxygens (including phenoxy) is 2. The van der Waals surface area contributed by atoms with Crippen molar-refractivity contribution in [2.24, 2.45) is 0 Å². The first kappa shape index (κ1) is 19.0. The van der Waals surface area contributed by atoms with Crippen LogP contribution in [0.1, 0.15) is 37.2 Å². The number of carbonyl (C=O) groups is 1. The summed E-state index contributed by atoms with van der Waals surface area (Å²) in [7, 11) is 2.98. The van der Waals surface area contributed by atoms with E-state index in [1.165, 1.54) is 7.11 Å². The van der Waals surface area contributed by atoms with E-state index in [9.17, 15) is 18.7 Å². The van der Waals surface area contributed by atoms with Crippen LogP contribution < -0.4 is 4.74 Å². The summed E-state index contributed by atoms with van der Waals surface area (Å²) in [5, 5.41) is 9.90. The van der Waals surface area contributed by atoms with Crippen LogP contribution in [0.2, 0.25) is 0 Å². The fraction of sp³-hybridized carbons (Fsp3) is 0.632. The van der Waals surface area contributed by atoms with Gasteiger partial charge < -0.3 is 14.6 Å². The van der Waals surface area contributed by atoms with Crippen LogP contribution in [0.15, 0.2) is 24.3 Å². The summed E-state index contributed by atoms with van der Waals surface area (Å²) >= 11 is 0. The first-order chi connectivity index (χ1) is 12.3. The van der Waals surface area contributed by atoms with E-state index in [-0.39, 0.29) is 31.3 Å². The van der Waals surface area contributed by atoms with Crippen molar-refractivity contribution in [3.05, 3.63) is 29.8 Å². The van der Waals surface area contributed by atoms with Gasteiger partial charge in [-0.25, -0.2) is 13.6 Å². The minimum Gasteiger partial charge on any atom is -0.497 e. The van der Waals surface area contributed by atoms with Gasteiger partial charge in [0.2, 0.25) is 5.92 Å². The quantitative estimate of drug-likeness (QED) is 0.864. The number of alkyl halides is 2. The number of benzene rings is 1. The molecule has 1 saturated carbocycles. The second kappa shape index (κ2) is 7.12. The van der Waals surface area contributed by atoms with Gasteiger partial charge in [0.05, 0.1) is 7.11 Å². The molecular formula is C19H25F2NO4. The summed E-state index contributed by atoms with van der Waals surface area (Å²) in [6.07, 6.45) is 0.465. The highest BCUT2D eigenvalue weighted by atomic mass is 19.3. The highest BCUT2D eigenvalue weighted by molar-refractivity contribution is 5.80. The minimum absolute atomic E-state index is 0.0354. The SMILES string of the molecule is COc1ccc([C@@H]2CN(C3CCC(F)(F)CC3)C[C@@]2(OC)C(=O)O)cc1. The van der Waals surface area contributed by atoms with Crippen molar-refractivity contribution < 1.29 is 28.2 Å². The van der Waals surface area contributed by atoms with Gasteiger partial charge in [0.15, 0.2) is 5.60 Å². The van der Waals surface area contributed by atoms with Gasteiger partial charge in [0, 0.05) is 45.0 Å². The third-order valence-corrected chi connectivity index (χ3v) is 5.87. The number of rotatable bonds is 5. The van der Waals surface area contributed by atoms with Crippen molar-refractivity contribution in [1.82, 2.24) is 4.90 Å². The maximum Gasteiger partial charge on any atom is 0.338 e. The zero-order chi connectivity index (χ0) is 18.9. The molecule has 5 nitrogen and oxygen atoms in total. The van der Waals surface area contributed by atoms with E-state index in [0.29, 0.717) is 25.1 Å². The summed E-state index contributed by atoms with van der Waals surface area (Å²) in [6, 6.07) is 7.24. The number of carboxylic acid groups (broad SMARTS) is 1. The number of hydrogen-bond donors (Lipinski definition) is 1. The lowest BCUT2D eigenvalue weighted by atomic mass is 9.84. The molecule has 1 aromatic rings. The van der Waals surface area contributed by atoms with E-state index in [2.05, 4.69) is 0 Å². The predicted octanol–water partition coefficient (Wildman–Crippen LogP) is 3.14. The average Bonchev–Trinajstić information content (AvgIpc) is 3.03. The third kappa shape index (κ3) is 3.42. The number of aliphatic carboxylic acids is 1. The molecule has 0 amide bonds. The third-order valence-electron chi connectivity index (χ3n) is 5.87. The van der Waals surface area contributed by atoms with Crippen LogP contribution in [-0.4, -0.2) is 60.9 Å². The van der Waals surface area contributed by atoms with Gasteiger partial charge >= 0.3 is 5.97 Å². The molecule has 1 aromatic carbocycles. The van der Waals surface area contributed by atoms with Crippen LogP contribution in [0.25, 0.3) is 0 Å². The van der Waals surface area contributed by atoms with Gasteiger partial charge in [-0.2, -0.15) is 0 Å². The standard InChI is InChI=1S/C19H25F2NO4/c1-25-15-5-3-13(4-6-15)16-11-22(12-19(16,26-2)17(23)24)14-7-9-18(20,21)10-8-14/h3-6,14,16H,7-12H2,1-2H3,(H,23,24)/t16-,19-/m0/s1. The van der Waals surface area contributed by atoms with E-state index < -0.39 is 17.5 Å². The fourth-order valence-corrected chi connectivity index (χ4v) is 4.25. The maximum absolute atomic E-state index is 13.5. The van der Waals surface area contributed by atoms with E-state index in [1.54, 1.807) is 19.2 Å². The molecule has 144 valence electrons. The average molecular weight is 369 g/mol. The van der Waals surface area contributed by atoms with Crippen LogP contribution in [0, 0.1) is 0 Å². The van der Waals surface area contributed by atoms with Crippen LogP contribution in [0.5, 0.6) is 5.75 Å². The molecule has 3 rings (SSSR count). The van der Waals surface area contributed by atoms with Gasteiger partial charge in [-0.05, 0) is 30.5 Å². The lowest BCUT2D eigenvalue weighted by Gasteiger charge is -2.35. The molecule has 0 aromatic heterocycles. The van der Waals surface area contributed by atoms with Gasteiger partial charge in [0.25, 0.3) is 0 Å². The normalized spacial score (nSPS) is 29.6. The van der Waals surface area contributed by atoms with Gasteiger partial charge in [-0.1, -0.05) is 12.1 Å². The lowest BCUT2D eigenvalue weighted by Crippen LogP contribution is -2.48. The summed E-state index contributed by atoms with van der Waals surface area (Å²) in [4.78, 5) is 14.1. The fourth-order valence-electron chi connectivity index (χ4n) is 4.25. The molecule has 0 radical (unpaired) electrons. The molecule has 1 heterocycles. The zero-order valence-electron chi connectivity index (χ0n) is 15.1. The van der Waals surface area contributed by atoms with Crippen LogP contribution >= 0.6 is 0 Å². The van der Waals surface area contributed by atoms with E-state index in [4.69, 9.17) is 9.47 Å². The van der Waals surface area contributed by atoms with E-state index >= 15 is 0 Å². The lowest BCUT2D eigenvalue weighted by molar-refractivity contribution is -0.162. The zero-order valence-corrected chi connectivity index (χ0v) is 15.1. The highest BCUT2D eigenvalue weighted by Crippen LogP contribution is 2.43. The molecule has 0 bridgehead atoms. The molecule has 2 fully saturated rings. The number of hydrogen-bond acceptors (Lipinski definition) is 4. The van der Waals surface area contributed by atoms with E-state index in [1.807, 2.05) is 17.0 Å². The smallest absolute Gasteiger partial charge is 0.338 e. The molecule has 26 heavy (non-hydrogen) atoms. The van der Waals surface area contributed by atoms with Gasteiger partial charge in [-0.3, -0.25) is 4.90 Å². The molecule has 1 N–H and O–H groups in total. The highest BCUT2D eigenvalue weighted by Gasteiger charge is 2.55. The summed E-state index contributed by atoms with van der Waals surface area (Å²) in [5.74, 6) is -3.31. The monoisotopic (exact) mass is 369 g/mol. The molecular weight excluding hydrogens is 344 g/mol. The Hall–Kier alpha value is -1.73. The van der Waals surface area contributed by atoms with E-state index in [0.717, 1.165) is 5.56 Å². The van der Waals surface area contributed by atoms with Crippen LogP contribution in [0.4, 0.5) is 8.78 Å². The Kier molecular flexibility index (Phi) is 5.21. The second-order valence-corrected chi connectivity index (χ2v) is 7.24. The number of likely N-dealkylation sites (tertiary alicyclic amines) is 1. The Bertz CT molecular complexity index is 641. The summed E-state index contributed by atoms with van der Waals surface area (Å²) < 4.78 is 37.6. The molecule has 0 unspecified atom stereocenters. The molecule has 1 aliphatic carbocycles. The largest absolute Gasteiger partial charge is 0.497 e.